The lowest BCUT2D eigenvalue weighted by atomic mass is 10.1. The van der Waals surface area contributed by atoms with Crippen LogP contribution in [0.1, 0.15) is 19.8 Å². The minimum atomic E-state index is 0.222. The quantitative estimate of drug-likeness (QED) is 0.717. The van der Waals surface area contributed by atoms with E-state index in [4.69, 9.17) is 10.5 Å². The van der Waals surface area contributed by atoms with Crippen LogP contribution in [0.2, 0.25) is 0 Å². The van der Waals surface area contributed by atoms with Gasteiger partial charge in [0.2, 0.25) is 0 Å². The number of benzene rings is 3. The third kappa shape index (κ3) is 6.13. The minimum Gasteiger partial charge on any atom is -0.491 e. The third-order valence-electron chi connectivity index (χ3n) is 3.54. The second-order valence-electron chi connectivity index (χ2n) is 5.52. The van der Waals surface area contributed by atoms with Crippen molar-refractivity contribution in [3.63, 3.8) is 0 Å². The highest BCUT2D eigenvalue weighted by atomic mass is 16.5. The first-order valence-electron chi connectivity index (χ1n) is 8.15. The van der Waals surface area contributed by atoms with Crippen molar-refractivity contribution in [3.8, 4) is 5.75 Å². The van der Waals surface area contributed by atoms with Crippen LogP contribution in [-0.2, 0) is 0 Å². The number of hydrogen-bond acceptors (Lipinski definition) is 2. The Balaban J connectivity index is 0.000000268. The number of fused-ring (bicyclic) bond motifs is 1. The molecule has 0 spiro atoms. The topological polar surface area (TPSA) is 35.2 Å². The standard InChI is InChI=1S/C15H19NO.C6H6/c1-12(5-4-10-16)17-15-9-8-13-6-2-3-7-14(13)11-15;1-2-4-6-5-3-1/h2-3,6-9,11-12H,4-5,10,16H2,1H3;1-6H. The summed E-state index contributed by atoms with van der Waals surface area (Å²) in [5.41, 5.74) is 5.49. The Hall–Kier alpha value is -2.32. The average molecular weight is 307 g/mol. The second kappa shape index (κ2) is 9.65. The molecule has 0 saturated carbocycles. The largest absolute Gasteiger partial charge is 0.491 e. The Morgan fingerprint density at radius 1 is 0.826 bits per heavy atom. The lowest BCUT2D eigenvalue weighted by Gasteiger charge is -2.14. The van der Waals surface area contributed by atoms with E-state index in [0.29, 0.717) is 0 Å². The zero-order valence-corrected chi connectivity index (χ0v) is 13.7. The number of nitrogens with two attached hydrogens (primary N) is 1. The van der Waals surface area contributed by atoms with Gasteiger partial charge in [0.25, 0.3) is 0 Å². The van der Waals surface area contributed by atoms with E-state index in [1.165, 1.54) is 10.8 Å². The molecule has 0 bridgehead atoms. The molecule has 1 unspecified atom stereocenters. The van der Waals surface area contributed by atoms with Gasteiger partial charge in [-0.05, 0) is 49.2 Å². The van der Waals surface area contributed by atoms with Crippen molar-refractivity contribution in [1.82, 2.24) is 0 Å². The first kappa shape index (κ1) is 17.0. The monoisotopic (exact) mass is 307 g/mol. The van der Waals surface area contributed by atoms with E-state index < -0.39 is 0 Å². The highest BCUT2D eigenvalue weighted by Gasteiger charge is 2.03. The maximum Gasteiger partial charge on any atom is 0.120 e. The van der Waals surface area contributed by atoms with Crippen molar-refractivity contribution in [2.45, 2.75) is 25.9 Å². The Bertz CT molecular complexity index is 655. The second-order valence-corrected chi connectivity index (χ2v) is 5.52. The van der Waals surface area contributed by atoms with Gasteiger partial charge in [0.1, 0.15) is 5.75 Å². The number of ether oxygens (including phenoxy) is 1. The number of rotatable bonds is 5. The molecule has 3 aromatic carbocycles. The van der Waals surface area contributed by atoms with Gasteiger partial charge in [0.05, 0.1) is 6.10 Å². The molecule has 1 atom stereocenters. The van der Waals surface area contributed by atoms with Crippen LogP contribution in [0, 0.1) is 0 Å². The SMILES string of the molecule is CC(CCCN)Oc1ccc2ccccc2c1.c1ccccc1. The average Bonchev–Trinajstić information content (AvgIpc) is 2.62. The first-order chi connectivity index (χ1) is 11.3. The molecule has 2 heteroatoms. The molecule has 120 valence electrons. The molecule has 0 radical (unpaired) electrons. The highest BCUT2D eigenvalue weighted by Crippen LogP contribution is 2.21. The molecule has 0 amide bonds. The van der Waals surface area contributed by atoms with Gasteiger partial charge in [-0.3, -0.25) is 0 Å². The third-order valence-corrected chi connectivity index (χ3v) is 3.54. The zero-order chi connectivity index (χ0) is 16.3. The van der Waals surface area contributed by atoms with Crippen LogP contribution in [0.5, 0.6) is 5.75 Å². The van der Waals surface area contributed by atoms with Gasteiger partial charge in [-0.25, -0.2) is 0 Å². The molecule has 0 aliphatic carbocycles. The van der Waals surface area contributed by atoms with Crippen molar-refractivity contribution in [3.05, 3.63) is 78.9 Å². The van der Waals surface area contributed by atoms with E-state index in [1.54, 1.807) is 0 Å². The Morgan fingerprint density at radius 2 is 1.43 bits per heavy atom. The lowest BCUT2D eigenvalue weighted by molar-refractivity contribution is 0.209. The van der Waals surface area contributed by atoms with E-state index in [-0.39, 0.29) is 6.10 Å². The van der Waals surface area contributed by atoms with Crippen molar-refractivity contribution in [2.75, 3.05) is 6.54 Å². The summed E-state index contributed by atoms with van der Waals surface area (Å²) in [6.07, 6.45) is 2.23. The van der Waals surface area contributed by atoms with E-state index in [1.807, 2.05) is 54.6 Å². The van der Waals surface area contributed by atoms with Crippen molar-refractivity contribution in [1.29, 1.82) is 0 Å². The van der Waals surface area contributed by atoms with Gasteiger partial charge in [-0.15, -0.1) is 0 Å². The van der Waals surface area contributed by atoms with Gasteiger partial charge >= 0.3 is 0 Å². The molecule has 0 fully saturated rings. The normalized spacial score (nSPS) is 11.4. The zero-order valence-electron chi connectivity index (χ0n) is 13.7. The smallest absolute Gasteiger partial charge is 0.120 e. The van der Waals surface area contributed by atoms with Gasteiger partial charge in [-0.2, -0.15) is 0 Å². The maximum atomic E-state index is 5.87. The van der Waals surface area contributed by atoms with Gasteiger partial charge in [0.15, 0.2) is 0 Å². The molecular weight excluding hydrogens is 282 g/mol. The van der Waals surface area contributed by atoms with Gasteiger partial charge in [-0.1, -0.05) is 66.7 Å². The van der Waals surface area contributed by atoms with Crippen molar-refractivity contribution >= 4 is 10.8 Å². The summed E-state index contributed by atoms with van der Waals surface area (Å²) in [6, 6.07) is 26.5. The summed E-state index contributed by atoms with van der Waals surface area (Å²) in [4.78, 5) is 0. The molecule has 3 rings (SSSR count). The van der Waals surface area contributed by atoms with Crippen LogP contribution in [0.3, 0.4) is 0 Å². The summed E-state index contributed by atoms with van der Waals surface area (Å²) < 4.78 is 5.87. The van der Waals surface area contributed by atoms with E-state index in [0.717, 1.165) is 25.1 Å². The number of hydrogen-bond donors (Lipinski definition) is 1. The molecule has 2 nitrogen and oxygen atoms in total. The fraction of sp³-hybridized carbons (Fsp3) is 0.238. The summed E-state index contributed by atoms with van der Waals surface area (Å²) in [5, 5.41) is 2.46. The van der Waals surface area contributed by atoms with E-state index in [2.05, 4.69) is 31.2 Å². The first-order valence-corrected chi connectivity index (χ1v) is 8.15. The summed E-state index contributed by atoms with van der Waals surface area (Å²) in [6.45, 7) is 2.82. The fourth-order valence-electron chi connectivity index (χ4n) is 2.32. The molecule has 0 aliphatic rings. The van der Waals surface area contributed by atoms with Crippen LogP contribution < -0.4 is 10.5 Å². The summed E-state index contributed by atoms with van der Waals surface area (Å²) in [7, 11) is 0. The molecule has 23 heavy (non-hydrogen) atoms. The van der Waals surface area contributed by atoms with Crippen LogP contribution in [-0.4, -0.2) is 12.6 Å². The molecule has 3 aromatic rings. The highest BCUT2D eigenvalue weighted by molar-refractivity contribution is 5.83. The van der Waals surface area contributed by atoms with Crippen LogP contribution >= 0.6 is 0 Å². The molecule has 0 aromatic heterocycles. The van der Waals surface area contributed by atoms with E-state index >= 15 is 0 Å². The predicted molar refractivity (Wildman–Crippen MR) is 98.8 cm³/mol. The summed E-state index contributed by atoms with van der Waals surface area (Å²) in [5.74, 6) is 0.938. The van der Waals surface area contributed by atoms with Gasteiger partial charge < -0.3 is 10.5 Å². The minimum absolute atomic E-state index is 0.222. The molecule has 0 saturated heterocycles. The van der Waals surface area contributed by atoms with Crippen LogP contribution in [0.4, 0.5) is 0 Å². The van der Waals surface area contributed by atoms with Crippen LogP contribution in [0.25, 0.3) is 10.8 Å². The predicted octanol–water partition coefficient (Wildman–Crippen LogP) is 5.03. The maximum absolute atomic E-state index is 5.87. The molecule has 0 heterocycles. The molecule has 2 N–H and O–H groups in total. The summed E-state index contributed by atoms with van der Waals surface area (Å²) >= 11 is 0. The lowest BCUT2D eigenvalue weighted by Crippen LogP contribution is -2.13. The van der Waals surface area contributed by atoms with Gasteiger partial charge in [0, 0.05) is 0 Å². The van der Waals surface area contributed by atoms with E-state index in [9.17, 15) is 0 Å². The fourth-order valence-corrected chi connectivity index (χ4v) is 2.32. The molecular formula is C21H25NO. The Morgan fingerprint density at radius 3 is 2.04 bits per heavy atom. The van der Waals surface area contributed by atoms with Crippen molar-refractivity contribution < 1.29 is 4.74 Å². The van der Waals surface area contributed by atoms with Crippen molar-refractivity contribution in [2.24, 2.45) is 5.73 Å². The Kier molecular flexibility index (Phi) is 7.15. The Labute approximate surface area is 138 Å². The van der Waals surface area contributed by atoms with Crippen LogP contribution in [0.15, 0.2) is 78.9 Å². The molecule has 0 aliphatic heterocycles.